The van der Waals surface area contributed by atoms with Gasteiger partial charge in [0.05, 0.1) is 10.7 Å². The first-order valence-electron chi connectivity index (χ1n) is 8.19. The van der Waals surface area contributed by atoms with Gasteiger partial charge in [0.1, 0.15) is 4.90 Å². The number of pyridine rings is 1. The van der Waals surface area contributed by atoms with Crippen molar-refractivity contribution in [1.29, 1.82) is 0 Å². The van der Waals surface area contributed by atoms with Crippen LogP contribution < -0.4 is 15.4 Å². The van der Waals surface area contributed by atoms with Gasteiger partial charge in [0.2, 0.25) is 10.0 Å². The van der Waals surface area contributed by atoms with Crippen molar-refractivity contribution in [2.45, 2.75) is 25.2 Å². The molecule has 0 aliphatic rings. The second kappa shape index (κ2) is 11.5. The predicted octanol–water partition coefficient (Wildman–Crippen LogP) is 1.46. The second-order valence-electron chi connectivity index (χ2n) is 5.51. The molecule has 0 saturated heterocycles. The van der Waals surface area contributed by atoms with Crippen LogP contribution in [-0.2, 0) is 16.4 Å². The Bertz CT molecular complexity index is 820. The van der Waals surface area contributed by atoms with Crippen molar-refractivity contribution in [3.63, 3.8) is 0 Å². The van der Waals surface area contributed by atoms with Gasteiger partial charge < -0.3 is 10.6 Å². The van der Waals surface area contributed by atoms with Crippen LogP contribution in [0.4, 0.5) is 0 Å². The topological polar surface area (TPSA) is 108 Å². The van der Waals surface area contributed by atoms with Crippen LogP contribution in [0.3, 0.4) is 0 Å². The molecular formula is C16H25IN6O2S2. The van der Waals surface area contributed by atoms with E-state index in [1.807, 2.05) is 6.92 Å². The van der Waals surface area contributed by atoms with Crippen molar-refractivity contribution in [1.82, 2.24) is 25.3 Å². The highest BCUT2D eigenvalue weighted by Crippen LogP contribution is 2.16. The fourth-order valence-corrected chi connectivity index (χ4v) is 4.04. The summed E-state index contributed by atoms with van der Waals surface area (Å²) in [6.45, 7) is 5.43. The van der Waals surface area contributed by atoms with E-state index in [1.54, 1.807) is 24.5 Å². The molecule has 0 unspecified atom stereocenters. The summed E-state index contributed by atoms with van der Waals surface area (Å²) in [5.74, 6) is 0.621. The number of hydrogen-bond donors (Lipinski definition) is 3. The smallest absolute Gasteiger partial charge is 0.242 e. The average Bonchev–Trinajstić information content (AvgIpc) is 2.95. The molecule has 0 fully saturated rings. The van der Waals surface area contributed by atoms with Crippen LogP contribution in [0.15, 0.2) is 34.4 Å². The first kappa shape index (κ1) is 23.7. The summed E-state index contributed by atoms with van der Waals surface area (Å²) in [6, 6.07) is 3.09. The molecule has 150 valence electrons. The van der Waals surface area contributed by atoms with Crippen molar-refractivity contribution in [3.8, 4) is 0 Å². The third kappa shape index (κ3) is 7.68. The largest absolute Gasteiger partial charge is 0.356 e. The number of aryl methyl sites for hydroxylation is 2. The molecule has 0 amide bonds. The highest BCUT2D eigenvalue weighted by molar-refractivity contribution is 14.0. The summed E-state index contributed by atoms with van der Waals surface area (Å²) in [7, 11) is -1.87. The number of aliphatic imine (C=N–C) groups is 1. The number of rotatable bonds is 8. The van der Waals surface area contributed by atoms with E-state index in [9.17, 15) is 8.42 Å². The van der Waals surface area contributed by atoms with Crippen molar-refractivity contribution >= 4 is 51.3 Å². The molecule has 0 radical (unpaired) electrons. The lowest BCUT2D eigenvalue weighted by Gasteiger charge is -2.12. The van der Waals surface area contributed by atoms with Crippen LogP contribution >= 0.6 is 35.3 Å². The molecule has 0 aliphatic carbocycles. The monoisotopic (exact) mass is 524 g/mol. The summed E-state index contributed by atoms with van der Waals surface area (Å²) in [5.41, 5.74) is 1.08. The first-order chi connectivity index (χ1) is 12.4. The van der Waals surface area contributed by atoms with Gasteiger partial charge in [-0.15, -0.1) is 35.3 Å². The molecule has 8 nitrogen and oxygen atoms in total. The molecular weight excluding hydrogens is 499 g/mol. The molecule has 27 heavy (non-hydrogen) atoms. The number of nitrogens with zero attached hydrogens (tertiary/aromatic N) is 3. The molecule has 0 aliphatic heterocycles. The van der Waals surface area contributed by atoms with Crippen LogP contribution in [0, 0.1) is 13.8 Å². The highest BCUT2D eigenvalue weighted by Gasteiger charge is 2.12. The third-order valence-corrected chi connectivity index (χ3v) is 6.16. The molecule has 2 rings (SSSR count). The van der Waals surface area contributed by atoms with Gasteiger partial charge in [-0.2, -0.15) is 0 Å². The van der Waals surface area contributed by atoms with Gasteiger partial charge >= 0.3 is 0 Å². The van der Waals surface area contributed by atoms with E-state index in [1.165, 1.54) is 23.3 Å². The Morgan fingerprint density at radius 2 is 1.96 bits per heavy atom. The van der Waals surface area contributed by atoms with Crippen LogP contribution in [0.25, 0.3) is 0 Å². The molecule has 0 aromatic carbocycles. The Labute approximate surface area is 181 Å². The molecule has 2 heterocycles. The van der Waals surface area contributed by atoms with Crippen LogP contribution in [0.2, 0.25) is 0 Å². The van der Waals surface area contributed by atoms with E-state index >= 15 is 0 Å². The van der Waals surface area contributed by atoms with Gasteiger partial charge in [-0.25, -0.2) is 18.1 Å². The number of halogens is 1. The lowest BCUT2D eigenvalue weighted by atomic mass is 10.4. The normalized spacial score (nSPS) is 11.7. The van der Waals surface area contributed by atoms with E-state index in [0.29, 0.717) is 19.0 Å². The summed E-state index contributed by atoms with van der Waals surface area (Å²) in [6.07, 6.45) is 3.66. The lowest BCUT2D eigenvalue weighted by Crippen LogP contribution is -2.42. The molecule has 0 saturated carbocycles. The SMILES string of the molecule is CN=C(NCCNS(=O)(=O)c1cccnc1)NCCc1nc(C)c(C)s1.I. The Hall–Kier alpha value is -1.31. The van der Waals surface area contributed by atoms with Gasteiger partial charge in [0.15, 0.2) is 5.96 Å². The molecule has 2 aromatic rings. The lowest BCUT2D eigenvalue weighted by molar-refractivity contribution is 0.580. The van der Waals surface area contributed by atoms with Crippen LogP contribution in [0.1, 0.15) is 15.6 Å². The minimum Gasteiger partial charge on any atom is -0.356 e. The average molecular weight is 524 g/mol. The minimum atomic E-state index is -3.54. The first-order valence-corrected chi connectivity index (χ1v) is 10.5. The highest BCUT2D eigenvalue weighted by atomic mass is 127. The van der Waals surface area contributed by atoms with Crippen LogP contribution in [-0.4, -0.2) is 51.0 Å². The third-order valence-electron chi connectivity index (χ3n) is 3.58. The number of sulfonamides is 1. The van der Waals surface area contributed by atoms with Crippen molar-refractivity contribution < 1.29 is 8.42 Å². The standard InChI is InChI=1S/C16H24N6O2S2.HI/c1-12-13(2)25-15(22-12)6-8-19-16(17-3)20-9-10-21-26(23,24)14-5-4-7-18-11-14;/h4-5,7,11,21H,6,8-10H2,1-3H3,(H2,17,19,20);1H. The maximum absolute atomic E-state index is 12.1. The fourth-order valence-electron chi connectivity index (χ4n) is 2.11. The summed E-state index contributed by atoms with van der Waals surface area (Å²) in [4.78, 5) is 13.8. The van der Waals surface area contributed by atoms with E-state index < -0.39 is 10.0 Å². The maximum atomic E-state index is 12.1. The Morgan fingerprint density at radius 3 is 2.56 bits per heavy atom. The second-order valence-corrected chi connectivity index (χ2v) is 8.57. The van der Waals surface area contributed by atoms with Gasteiger partial charge in [-0.05, 0) is 26.0 Å². The van der Waals surface area contributed by atoms with E-state index in [-0.39, 0.29) is 35.4 Å². The quantitative estimate of drug-likeness (QED) is 0.209. The predicted molar refractivity (Wildman–Crippen MR) is 119 cm³/mol. The number of guanidine groups is 1. The zero-order valence-corrected chi connectivity index (χ0v) is 19.5. The molecule has 3 N–H and O–H groups in total. The molecule has 0 spiro atoms. The zero-order chi connectivity index (χ0) is 19.0. The molecule has 0 atom stereocenters. The fraction of sp³-hybridized carbons (Fsp3) is 0.438. The zero-order valence-electron chi connectivity index (χ0n) is 15.5. The van der Waals surface area contributed by atoms with Gasteiger partial charge in [0, 0.05) is 50.4 Å². The van der Waals surface area contributed by atoms with E-state index in [0.717, 1.165) is 17.1 Å². The van der Waals surface area contributed by atoms with Crippen molar-refractivity contribution in [2.24, 2.45) is 4.99 Å². The Kier molecular flexibility index (Phi) is 10.1. The van der Waals surface area contributed by atoms with E-state index in [4.69, 9.17) is 0 Å². The maximum Gasteiger partial charge on any atom is 0.242 e. The number of nitrogens with one attached hydrogen (secondary N) is 3. The van der Waals surface area contributed by atoms with Gasteiger partial charge in [0.25, 0.3) is 0 Å². The minimum absolute atomic E-state index is 0. The Morgan fingerprint density at radius 1 is 1.22 bits per heavy atom. The van der Waals surface area contributed by atoms with Crippen molar-refractivity contribution in [3.05, 3.63) is 40.1 Å². The number of aromatic nitrogens is 2. The summed E-state index contributed by atoms with van der Waals surface area (Å²) < 4.78 is 26.7. The van der Waals surface area contributed by atoms with Crippen LogP contribution in [0.5, 0.6) is 0 Å². The molecule has 0 bridgehead atoms. The molecule has 2 aromatic heterocycles. The van der Waals surface area contributed by atoms with Gasteiger partial charge in [-0.3, -0.25) is 9.98 Å². The number of hydrogen-bond acceptors (Lipinski definition) is 6. The summed E-state index contributed by atoms with van der Waals surface area (Å²) >= 11 is 1.70. The number of thiazole rings is 1. The summed E-state index contributed by atoms with van der Waals surface area (Å²) in [5, 5.41) is 7.36. The van der Waals surface area contributed by atoms with E-state index in [2.05, 4.69) is 37.2 Å². The van der Waals surface area contributed by atoms with Gasteiger partial charge in [-0.1, -0.05) is 0 Å². The Balaban J connectivity index is 0.00000364. The van der Waals surface area contributed by atoms with Crippen molar-refractivity contribution in [2.75, 3.05) is 26.7 Å². The molecule has 11 heteroatoms.